The van der Waals surface area contributed by atoms with Crippen LogP contribution in [0.5, 0.6) is 0 Å². The van der Waals surface area contributed by atoms with Crippen molar-refractivity contribution in [3.8, 4) is 0 Å². The zero-order valence-corrected chi connectivity index (χ0v) is 11.4. The van der Waals surface area contributed by atoms with Gasteiger partial charge in [0.2, 0.25) is 0 Å². The summed E-state index contributed by atoms with van der Waals surface area (Å²) in [5.74, 6) is 0.659. The van der Waals surface area contributed by atoms with Crippen LogP contribution in [0.1, 0.15) is 46.6 Å². The van der Waals surface area contributed by atoms with Crippen LogP contribution in [0.4, 0.5) is 0 Å². The van der Waals surface area contributed by atoms with Crippen molar-refractivity contribution < 1.29 is 0 Å². The monoisotopic (exact) mass is 225 g/mol. The minimum Gasteiger partial charge on any atom is -0.312 e. The van der Waals surface area contributed by atoms with Crippen LogP contribution in [-0.4, -0.2) is 26.0 Å². The van der Waals surface area contributed by atoms with E-state index in [-0.39, 0.29) is 7.43 Å². The molecule has 0 saturated heterocycles. The van der Waals surface area contributed by atoms with Gasteiger partial charge in [-0.1, -0.05) is 65.5 Å². The van der Waals surface area contributed by atoms with E-state index in [1.54, 1.807) is 0 Å². The van der Waals surface area contributed by atoms with Crippen LogP contribution in [0.3, 0.4) is 0 Å². The summed E-state index contributed by atoms with van der Waals surface area (Å²) in [5.41, 5.74) is 1.41. The number of rotatable bonds is 1. The molecule has 0 aromatic heterocycles. The second-order valence-electron chi connectivity index (χ2n) is 3.91. The van der Waals surface area contributed by atoms with Gasteiger partial charge in [0.05, 0.1) is 0 Å². The Labute approximate surface area is 103 Å². The standard InChI is InChI=1S/C9H12.C3H9N.C2H6.CH4/c1-8(2)9-6-4-3-5-7-9;1-4(2)3;1-2;/h3-8H,1-2H3;1-3H3;1-2H3;1H4. The third-order valence-electron chi connectivity index (χ3n) is 1.47. The molecule has 0 aliphatic rings. The van der Waals surface area contributed by atoms with E-state index in [2.05, 4.69) is 38.1 Å². The van der Waals surface area contributed by atoms with Gasteiger partial charge in [0.15, 0.2) is 0 Å². The molecular formula is C15H31N. The molecule has 0 aliphatic carbocycles. The number of hydrogen-bond donors (Lipinski definition) is 0. The molecule has 0 N–H and O–H groups in total. The average molecular weight is 225 g/mol. The Kier molecular flexibility index (Phi) is 18.2. The topological polar surface area (TPSA) is 3.24 Å². The van der Waals surface area contributed by atoms with E-state index in [0.29, 0.717) is 5.92 Å². The maximum Gasteiger partial charge on any atom is -0.0140 e. The minimum atomic E-state index is 0. The molecule has 1 nitrogen and oxygen atoms in total. The zero-order valence-electron chi connectivity index (χ0n) is 11.4. The van der Waals surface area contributed by atoms with Crippen molar-refractivity contribution in [1.29, 1.82) is 0 Å². The van der Waals surface area contributed by atoms with Crippen LogP contribution in [0.15, 0.2) is 30.3 Å². The SMILES string of the molecule is C.CC.CC(C)c1ccccc1.CN(C)C. The second kappa shape index (κ2) is 14.2. The molecule has 1 aromatic rings. The lowest BCUT2D eigenvalue weighted by Gasteiger charge is -2.01. The molecular weight excluding hydrogens is 194 g/mol. The molecule has 1 heteroatoms. The molecule has 1 aromatic carbocycles. The molecule has 0 aliphatic heterocycles. The van der Waals surface area contributed by atoms with Gasteiger partial charge in [0, 0.05) is 0 Å². The van der Waals surface area contributed by atoms with E-state index in [1.165, 1.54) is 5.56 Å². The highest BCUT2D eigenvalue weighted by Gasteiger charge is 1.93. The first kappa shape index (κ1) is 20.6. The quantitative estimate of drug-likeness (QED) is 0.672. The Morgan fingerprint density at radius 1 is 0.875 bits per heavy atom. The third-order valence-corrected chi connectivity index (χ3v) is 1.47. The molecule has 0 heterocycles. The Hall–Kier alpha value is -0.820. The van der Waals surface area contributed by atoms with Crippen LogP contribution in [0, 0.1) is 0 Å². The summed E-state index contributed by atoms with van der Waals surface area (Å²) in [5, 5.41) is 0. The van der Waals surface area contributed by atoms with Gasteiger partial charge in [-0.25, -0.2) is 0 Å². The third kappa shape index (κ3) is 15.6. The Bertz CT molecular complexity index is 199. The highest BCUT2D eigenvalue weighted by molar-refractivity contribution is 5.17. The van der Waals surface area contributed by atoms with E-state index in [9.17, 15) is 0 Å². The van der Waals surface area contributed by atoms with E-state index in [0.717, 1.165) is 0 Å². The molecule has 16 heavy (non-hydrogen) atoms. The van der Waals surface area contributed by atoms with Crippen molar-refractivity contribution in [2.24, 2.45) is 0 Å². The molecule has 0 spiro atoms. The first-order valence-electron chi connectivity index (χ1n) is 5.70. The van der Waals surface area contributed by atoms with Gasteiger partial charge in [0.1, 0.15) is 0 Å². The summed E-state index contributed by atoms with van der Waals surface area (Å²) in [4.78, 5) is 2.00. The van der Waals surface area contributed by atoms with E-state index >= 15 is 0 Å². The fourth-order valence-corrected chi connectivity index (χ4v) is 0.838. The van der Waals surface area contributed by atoms with Crippen molar-refractivity contribution in [3.05, 3.63) is 35.9 Å². The van der Waals surface area contributed by atoms with Crippen LogP contribution in [0.2, 0.25) is 0 Å². The van der Waals surface area contributed by atoms with Crippen LogP contribution >= 0.6 is 0 Å². The molecule has 0 saturated carbocycles. The summed E-state index contributed by atoms with van der Waals surface area (Å²) >= 11 is 0. The maximum absolute atomic E-state index is 2.20. The number of benzene rings is 1. The van der Waals surface area contributed by atoms with Crippen LogP contribution < -0.4 is 0 Å². The second-order valence-corrected chi connectivity index (χ2v) is 3.91. The Morgan fingerprint density at radius 3 is 1.38 bits per heavy atom. The molecule has 0 radical (unpaired) electrons. The van der Waals surface area contributed by atoms with E-state index in [4.69, 9.17) is 0 Å². The van der Waals surface area contributed by atoms with Gasteiger partial charge >= 0.3 is 0 Å². The predicted molar refractivity (Wildman–Crippen MR) is 78.2 cm³/mol. The first-order valence-corrected chi connectivity index (χ1v) is 5.70. The fourth-order valence-electron chi connectivity index (χ4n) is 0.838. The highest BCUT2D eigenvalue weighted by atomic mass is 15.0. The van der Waals surface area contributed by atoms with Crippen molar-refractivity contribution in [2.75, 3.05) is 21.1 Å². The zero-order chi connectivity index (χ0) is 12.3. The molecule has 0 amide bonds. The lowest BCUT2D eigenvalue weighted by atomic mass is 10.0. The van der Waals surface area contributed by atoms with Gasteiger partial charge < -0.3 is 4.90 Å². The van der Waals surface area contributed by atoms with E-state index in [1.807, 2.05) is 46.0 Å². The lowest BCUT2D eigenvalue weighted by Crippen LogP contribution is -1.99. The van der Waals surface area contributed by atoms with Gasteiger partial charge in [-0.3, -0.25) is 0 Å². The van der Waals surface area contributed by atoms with Gasteiger partial charge in [0.25, 0.3) is 0 Å². The molecule has 0 atom stereocenters. The molecule has 0 bridgehead atoms. The molecule has 0 unspecified atom stereocenters. The average Bonchev–Trinajstić information content (AvgIpc) is 2.21. The van der Waals surface area contributed by atoms with Crippen molar-refractivity contribution in [2.45, 2.75) is 41.0 Å². The van der Waals surface area contributed by atoms with Crippen molar-refractivity contribution >= 4 is 0 Å². The van der Waals surface area contributed by atoms with Gasteiger partial charge in [-0.05, 0) is 32.6 Å². The molecule has 96 valence electrons. The van der Waals surface area contributed by atoms with E-state index < -0.39 is 0 Å². The van der Waals surface area contributed by atoms with Gasteiger partial charge in [-0.2, -0.15) is 0 Å². The summed E-state index contributed by atoms with van der Waals surface area (Å²) in [6.07, 6.45) is 0. The Morgan fingerprint density at radius 2 is 1.19 bits per heavy atom. The maximum atomic E-state index is 2.20. The Balaban J connectivity index is -0.000000209. The van der Waals surface area contributed by atoms with Crippen molar-refractivity contribution in [3.63, 3.8) is 0 Å². The summed E-state index contributed by atoms with van der Waals surface area (Å²) in [7, 11) is 6.00. The summed E-state index contributed by atoms with van der Waals surface area (Å²) < 4.78 is 0. The number of nitrogens with zero attached hydrogens (tertiary/aromatic N) is 1. The summed E-state index contributed by atoms with van der Waals surface area (Å²) in [6, 6.07) is 10.5. The highest BCUT2D eigenvalue weighted by Crippen LogP contribution is 2.11. The van der Waals surface area contributed by atoms with Crippen molar-refractivity contribution in [1.82, 2.24) is 4.90 Å². The van der Waals surface area contributed by atoms with Crippen LogP contribution in [-0.2, 0) is 0 Å². The molecule has 1 rings (SSSR count). The minimum absolute atomic E-state index is 0. The summed E-state index contributed by atoms with van der Waals surface area (Å²) in [6.45, 7) is 8.41. The first-order chi connectivity index (χ1) is 7.04. The molecule has 0 fully saturated rings. The predicted octanol–water partition coefficient (Wildman–Crippen LogP) is 4.65. The van der Waals surface area contributed by atoms with Crippen LogP contribution in [0.25, 0.3) is 0 Å². The number of hydrogen-bond acceptors (Lipinski definition) is 1. The largest absolute Gasteiger partial charge is 0.312 e. The fraction of sp³-hybridized carbons (Fsp3) is 0.600. The lowest BCUT2D eigenvalue weighted by molar-refractivity contribution is 0.505. The smallest absolute Gasteiger partial charge is 0.0140 e. The normalized spacial score (nSPS) is 8.31. The van der Waals surface area contributed by atoms with Gasteiger partial charge in [-0.15, -0.1) is 0 Å².